The maximum Gasteiger partial charge on any atom is 0.161 e. The summed E-state index contributed by atoms with van der Waals surface area (Å²) >= 11 is 0. The van der Waals surface area contributed by atoms with Gasteiger partial charge in [0.05, 0.1) is 25.4 Å². The maximum atomic E-state index is 6.25. The van der Waals surface area contributed by atoms with Crippen molar-refractivity contribution in [3.8, 4) is 11.5 Å². The summed E-state index contributed by atoms with van der Waals surface area (Å²) in [6.45, 7) is 7.72. The van der Waals surface area contributed by atoms with Crippen LogP contribution in [0.15, 0.2) is 18.2 Å². The number of morpholine rings is 1. The van der Waals surface area contributed by atoms with Crippen LogP contribution in [0.5, 0.6) is 11.5 Å². The Morgan fingerprint density at radius 3 is 2.76 bits per heavy atom. The number of benzene rings is 1. The minimum absolute atomic E-state index is 0.0969. The van der Waals surface area contributed by atoms with Gasteiger partial charge >= 0.3 is 0 Å². The molecule has 3 rings (SSSR count). The van der Waals surface area contributed by atoms with E-state index in [0.29, 0.717) is 12.0 Å². The van der Waals surface area contributed by atoms with Crippen molar-refractivity contribution < 1.29 is 14.2 Å². The van der Waals surface area contributed by atoms with Crippen molar-refractivity contribution >= 4 is 0 Å². The summed E-state index contributed by atoms with van der Waals surface area (Å²) in [6.07, 6.45) is 2.41. The third-order valence-corrected chi connectivity index (χ3v) is 3.94. The van der Waals surface area contributed by atoms with E-state index in [0.717, 1.165) is 50.6 Å². The molecule has 0 bridgehead atoms. The van der Waals surface area contributed by atoms with E-state index < -0.39 is 0 Å². The molecule has 1 aromatic rings. The fraction of sp³-hybridized carbons (Fsp3) is 0.647. The number of ether oxygens (including phenoxy) is 3. The fourth-order valence-electron chi connectivity index (χ4n) is 2.95. The van der Waals surface area contributed by atoms with Gasteiger partial charge in [-0.05, 0) is 30.0 Å². The minimum Gasteiger partial charge on any atom is -0.490 e. The number of nitrogens with one attached hydrogen (secondary N) is 1. The highest BCUT2D eigenvalue weighted by Crippen LogP contribution is 2.34. The van der Waals surface area contributed by atoms with Gasteiger partial charge in [-0.1, -0.05) is 19.9 Å². The summed E-state index contributed by atoms with van der Waals surface area (Å²) in [5, 5.41) is 3.48. The van der Waals surface area contributed by atoms with E-state index in [1.54, 1.807) is 0 Å². The molecule has 0 aromatic heterocycles. The predicted molar refractivity (Wildman–Crippen MR) is 82.0 cm³/mol. The quantitative estimate of drug-likeness (QED) is 0.929. The van der Waals surface area contributed by atoms with Crippen LogP contribution in [0.4, 0.5) is 0 Å². The van der Waals surface area contributed by atoms with Gasteiger partial charge in [0.1, 0.15) is 0 Å². The fourth-order valence-corrected chi connectivity index (χ4v) is 2.95. The molecule has 2 aliphatic heterocycles. The van der Waals surface area contributed by atoms with Gasteiger partial charge in [0.2, 0.25) is 0 Å². The van der Waals surface area contributed by atoms with Crippen LogP contribution < -0.4 is 14.8 Å². The first kappa shape index (κ1) is 14.7. The van der Waals surface area contributed by atoms with Crippen molar-refractivity contribution in [1.29, 1.82) is 0 Å². The molecule has 2 unspecified atom stereocenters. The molecule has 1 aromatic carbocycles. The summed E-state index contributed by atoms with van der Waals surface area (Å²) < 4.78 is 17.7. The highest BCUT2D eigenvalue weighted by atomic mass is 16.5. The van der Waals surface area contributed by atoms with Crippen molar-refractivity contribution in [2.24, 2.45) is 5.92 Å². The third kappa shape index (κ3) is 3.69. The Kier molecular flexibility index (Phi) is 4.66. The first-order valence-electron chi connectivity index (χ1n) is 7.98. The molecule has 0 saturated carbocycles. The molecule has 0 radical (unpaired) electrons. The molecule has 2 heterocycles. The van der Waals surface area contributed by atoms with Crippen LogP contribution in [-0.2, 0) is 4.74 Å². The topological polar surface area (TPSA) is 39.7 Å². The van der Waals surface area contributed by atoms with Gasteiger partial charge in [-0.2, -0.15) is 0 Å². The molecule has 1 N–H and O–H groups in total. The summed E-state index contributed by atoms with van der Waals surface area (Å²) in [5.41, 5.74) is 1.17. The van der Waals surface area contributed by atoms with E-state index in [1.165, 1.54) is 5.56 Å². The van der Waals surface area contributed by atoms with Gasteiger partial charge < -0.3 is 19.5 Å². The number of rotatable bonds is 3. The lowest BCUT2D eigenvalue weighted by Crippen LogP contribution is -2.41. The van der Waals surface area contributed by atoms with Crippen LogP contribution in [0.2, 0.25) is 0 Å². The van der Waals surface area contributed by atoms with Crippen molar-refractivity contribution in [3.63, 3.8) is 0 Å². The molecule has 0 amide bonds. The Labute approximate surface area is 126 Å². The molecule has 1 saturated heterocycles. The zero-order valence-electron chi connectivity index (χ0n) is 12.9. The first-order valence-corrected chi connectivity index (χ1v) is 7.98. The van der Waals surface area contributed by atoms with Gasteiger partial charge in [-0.25, -0.2) is 0 Å². The first-order chi connectivity index (χ1) is 10.2. The molecule has 21 heavy (non-hydrogen) atoms. The van der Waals surface area contributed by atoms with Crippen LogP contribution >= 0.6 is 0 Å². The molecule has 0 spiro atoms. The Hall–Kier alpha value is -1.26. The maximum absolute atomic E-state index is 6.25. The van der Waals surface area contributed by atoms with Crippen molar-refractivity contribution in [2.75, 3.05) is 26.3 Å². The lowest BCUT2D eigenvalue weighted by atomic mass is 10.0. The van der Waals surface area contributed by atoms with Crippen molar-refractivity contribution in [2.45, 2.75) is 38.9 Å². The zero-order chi connectivity index (χ0) is 14.7. The van der Waals surface area contributed by atoms with Crippen LogP contribution in [0, 0.1) is 5.92 Å². The van der Waals surface area contributed by atoms with E-state index in [2.05, 4.69) is 31.3 Å². The zero-order valence-corrected chi connectivity index (χ0v) is 12.9. The molecule has 4 heteroatoms. The highest BCUT2D eigenvalue weighted by Gasteiger charge is 2.25. The Balaban J connectivity index is 1.72. The third-order valence-electron chi connectivity index (χ3n) is 3.94. The summed E-state index contributed by atoms with van der Waals surface area (Å²) in [5.74, 6) is 2.35. The van der Waals surface area contributed by atoms with Crippen LogP contribution in [-0.4, -0.2) is 32.4 Å². The van der Waals surface area contributed by atoms with Crippen LogP contribution in [0.1, 0.15) is 38.4 Å². The van der Waals surface area contributed by atoms with Gasteiger partial charge in [0, 0.05) is 19.5 Å². The Morgan fingerprint density at radius 1 is 1.14 bits per heavy atom. The summed E-state index contributed by atoms with van der Waals surface area (Å²) in [6, 6.07) is 6.17. The monoisotopic (exact) mass is 291 g/mol. The smallest absolute Gasteiger partial charge is 0.161 e. The molecule has 116 valence electrons. The lowest BCUT2D eigenvalue weighted by Gasteiger charge is -2.32. The SMILES string of the molecule is CC(C)CC1CNCC(c2ccc3c(c2)OCCCO3)O1. The van der Waals surface area contributed by atoms with Crippen molar-refractivity contribution in [1.82, 2.24) is 5.32 Å². The second kappa shape index (κ2) is 6.67. The highest BCUT2D eigenvalue weighted by molar-refractivity contribution is 5.44. The Morgan fingerprint density at radius 2 is 1.95 bits per heavy atom. The van der Waals surface area contributed by atoms with E-state index in [9.17, 15) is 0 Å². The van der Waals surface area contributed by atoms with E-state index >= 15 is 0 Å². The number of hydrogen-bond acceptors (Lipinski definition) is 4. The molecule has 1 fully saturated rings. The molecule has 4 nitrogen and oxygen atoms in total. The van der Waals surface area contributed by atoms with Crippen LogP contribution in [0.25, 0.3) is 0 Å². The molecule has 0 aliphatic carbocycles. The van der Waals surface area contributed by atoms with E-state index in [-0.39, 0.29) is 6.10 Å². The van der Waals surface area contributed by atoms with E-state index in [1.807, 2.05) is 6.07 Å². The number of hydrogen-bond donors (Lipinski definition) is 1. The number of fused-ring (bicyclic) bond motifs is 1. The molecular formula is C17H25NO3. The summed E-state index contributed by atoms with van der Waals surface area (Å²) in [7, 11) is 0. The molecular weight excluding hydrogens is 266 g/mol. The Bertz CT molecular complexity index is 475. The van der Waals surface area contributed by atoms with Gasteiger partial charge in [-0.15, -0.1) is 0 Å². The molecule has 2 atom stereocenters. The van der Waals surface area contributed by atoms with Crippen LogP contribution in [0.3, 0.4) is 0 Å². The van der Waals surface area contributed by atoms with Crippen molar-refractivity contribution in [3.05, 3.63) is 23.8 Å². The minimum atomic E-state index is 0.0969. The van der Waals surface area contributed by atoms with Gasteiger partial charge in [0.25, 0.3) is 0 Å². The standard InChI is InChI=1S/C17H25NO3/c1-12(2)8-14-10-18-11-17(21-14)13-4-5-15-16(9-13)20-7-3-6-19-15/h4-5,9,12,14,17-18H,3,6-8,10-11H2,1-2H3. The van der Waals surface area contributed by atoms with E-state index in [4.69, 9.17) is 14.2 Å². The summed E-state index contributed by atoms with van der Waals surface area (Å²) in [4.78, 5) is 0. The van der Waals surface area contributed by atoms with Gasteiger partial charge in [-0.3, -0.25) is 0 Å². The normalized spacial score (nSPS) is 25.7. The second-order valence-corrected chi connectivity index (χ2v) is 6.29. The largest absolute Gasteiger partial charge is 0.490 e. The predicted octanol–water partition coefficient (Wildman–Crippen LogP) is 2.92. The second-order valence-electron chi connectivity index (χ2n) is 6.29. The van der Waals surface area contributed by atoms with Gasteiger partial charge in [0.15, 0.2) is 11.5 Å². The average Bonchev–Trinajstić information content (AvgIpc) is 2.71. The average molecular weight is 291 g/mol. The lowest BCUT2D eigenvalue weighted by molar-refractivity contribution is -0.0474. The molecule has 2 aliphatic rings.